The van der Waals surface area contributed by atoms with Crippen LogP contribution in [0.1, 0.15) is 23.2 Å². The van der Waals surface area contributed by atoms with Crippen LogP contribution in [-0.4, -0.2) is 12.6 Å². The van der Waals surface area contributed by atoms with E-state index in [-0.39, 0.29) is 5.97 Å². The van der Waals surface area contributed by atoms with Crippen molar-refractivity contribution in [2.24, 2.45) is 5.92 Å². The molecule has 1 saturated carbocycles. The van der Waals surface area contributed by atoms with E-state index in [1.165, 1.54) is 0 Å². The van der Waals surface area contributed by atoms with E-state index in [0.717, 1.165) is 17.3 Å². The lowest BCUT2D eigenvalue weighted by Gasteiger charge is -2.08. The Labute approximate surface area is 111 Å². The summed E-state index contributed by atoms with van der Waals surface area (Å²) in [6.45, 7) is 0.502. The second-order valence-electron chi connectivity index (χ2n) is 3.89. The first-order chi connectivity index (χ1) is 7.58. The number of hydrogen-bond donors (Lipinski definition) is 1. The number of anilines is 1. The van der Waals surface area contributed by atoms with Crippen molar-refractivity contribution in [2.45, 2.75) is 12.8 Å². The summed E-state index contributed by atoms with van der Waals surface area (Å²) in [5.41, 5.74) is 6.63. The Bertz CT molecular complexity index is 430. The smallest absolute Gasteiger partial charge is 0.340 e. The molecule has 2 N–H and O–H groups in total. The number of nitrogens with two attached hydrogens (primary N) is 1. The summed E-state index contributed by atoms with van der Waals surface area (Å²) in [6, 6.07) is 3.47. The highest BCUT2D eigenvalue weighted by atomic mass is 79.9. The number of rotatable bonds is 3. The third kappa shape index (κ3) is 2.77. The van der Waals surface area contributed by atoms with Gasteiger partial charge < -0.3 is 10.5 Å². The predicted octanol–water partition coefficient (Wildman–Crippen LogP) is 3.36. The zero-order valence-electron chi connectivity index (χ0n) is 8.50. The fraction of sp³-hybridized carbons (Fsp3) is 0.364. The summed E-state index contributed by atoms with van der Waals surface area (Å²) in [5.74, 6) is 0.201. The van der Waals surface area contributed by atoms with E-state index in [9.17, 15) is 4.79 Å². The Morgan fingerprint density at radius 3 is 2.75 bits per heavy atom. The number of hydrogen-bond acceptors (Lipinski definition) is 3. The van der Waals surface area contributed by atoms with Gasteiger partial charge in [-0.3, -0.25) is 0 Å². The van der Waals surface area contributed by atoms with E-state index in [0.29, 0.717) is 28.2 Å². The number of esters is 1. The lowest BCUT2D eigenvalue weighted by atomic mass is 10.2. The lowest BCUT2D eigenvalue weighted by molar-refractivity contribution is 0.0487. The Kier molecular flexibility index (Phi) is 3.54. The molecule has 0 amide bonds. The highest BCUT2D eigenvalue weighted by molar-refractivity contribution is 9.11. The van der Waals surface area contributed by atoms with Crippen LogP contribution in [0, 0.1) is 5.92 Å². The fourth-order valence-electron chi connectivity index (χ4n) is 1.31. The largest absolute Gasteiger partial charge is 0.462 e. The molecular formula is C11H11Br2NO2. The highest BCUT2D eigenvalue weighted by Crippen LogP contribution is 2.31. The summed E-state index contributed by atoms with van der Waals surface area (Å²) in [5, 5.41) is 0. The molecule has 0 aliphatic heterocycles. The third-order valence-corrected chi connectivity index (χ3v) is 3.58. The molecule has 0 bridgehead atoms. The standard InChI is InChI=1S/C11H11Br2NO2/c12-7-3-8(10(14)9(13)4-7)11(15)16-5-6-1-2-6/h3-4,6H,1-2,5,14H2. The van der Waals surface area contributed by atoms with Crippen LogP contribution < -0.4 is 5.73 Å². The van der Waals surface area contributed by atoms with E-state index >= 15 is 0 Å². The number of carbonyl (C=O) groups excluding carboxylic acids is 1. The quantitative estimate of drug-likeness (QED) is 0.673. The topological polar surface area (TPSA) is 52.3 Å². The van der Waals surface area contributed by atoms with Crippen LogP contribution in [-0.2, 0) is 4.74 Å². The van der Waals surface area contributed by atoms with Gasteiger partial charge in [0.05, 0.1) is 17.9 Å². The zero-order valence-corrected chi connectivity index (χ0v) is 11.7. The van der Waals surface area contributed by atoms with Gasteiger partial charge in [0.1, 0.15) is 0 Å². The lowest BCUT2D eigenvalue weighted by Crippen LogP contribution is -2.10. The molecule has 86 valence electrons. The Hall–Kier alpha value is -0.550. The van der Waals surface area contributed by atoms with Gasteiger partial charge in [0.25, 0.3) is 0 Å². The summed E-state index contributed by atoms with van der Waals surface area (Å²) < 4.78 is 6.67. The molecule has 1 aliphatic rings. The first kappa shape index (κ1) is 11.9. The summed E-state index contributed by atoms with van der Waals surface area (Å²) >= 11 is 6.61. The molecule has 0 spiro atoms. The van der Waals surface area contributed by atoms with E-state index in [4.69, 9.17) is 10.5 Å². The van der Waals surface area contributed by atoms with Gasteiger partial charge in [-0.2, -0.15) is 0 Å². The minimum Gasteiger partial charge on any atom is -0.462 e. The average molecular weight is 349 g/mol. The molecule has 5 heteroatoms. The predicted molar refractivity (Wildman–Crippen MR) is 69.3 cm³/mol. The molecule has 16 heavy (non-hydrogen) atoms. The number of benzene rings is 1. The zero-order chi connectivity index (χ0) is 11.7. The van der Waals surface area contributed by atoms with E-state index < -0.39 is 0 Å². The molecule has 0 radical (unpaired) electrons. The van der Waals surface area contributed by atoms with Crippen molar-refractivity contribution < 1.29 is 9.53 Å². The summed E-state index contributed by atoms with van der Waals surface area (Å²) in [4.78, 5) is 11.8. The van der Waals surface area contributed by atoms with Crippen molar-refractivity contribution >= 4 is 43.5 Å². The van der Waals surface area contributed by atoms with E-state index in [1.807, 2.05) is 0 Å². The Balaban J connectivity index is 2.14. The molecule has 1 fully saturated rings. The fourth-order valence-corrected chi connectivity index (χ4v) is 2.53. The molecule has 2 rings (SSSR count). The molecule has 0 saturated heterocycles. The van der Waals surface area contributed by atoms with Gasteiger partial charge in [0.15, 0.2) is 0 Å². The molecular weight excluding hydrogens is 338 g/mol. The summed E-state index contributed by atoms with van der Waals surface area (Å²) in [7, 11) is 0. The third-order valence-electron chi connectivity index (χ3n) is 2.46. The molecule has 0 aromatic heterocycles. The molecule has 1 aliphatic carbocycles. The average Bonchev–Trinajstić information content (AvgIpc) is 3.03. The van der Waals surface area contributed by atoms with Crippen LogP contribution in [0.25, 0.3) is 0 Å². The van der Waals surface area contributed by atoms with E-state index in [2.05, 4.69) is 31.9 Å². The van der Waals surface area contributed by atoms with Crippen molar-refractivity contribution in [2.75, 3.05) is 12.3 Å². The minimum absolute atomic E-state index is 0.355. The maximum absolute atomic E-state index is 11.8. The first-order valence-corrected chi connectivity index (χ1v) is 6.58. The van der Waals surface area contributed by atoms with Crippen molar-refractivity contribution in [1.29, 1.82) is 0 Å². The van der Waals surface area contributed by atoms with Crippen molar-refractivity contribution in [3.05, 3.63) is 26.6 Å². The van der Waals surface area contributed by atoms with Crippen LogP contribution in [0.5, 0.6) is 0 Å². The van der Waals surface area contributed by atoms with Crippen molar-refractivity contribution in [3.63, 3.8) is 0 Å². The molecule has 0 unspecified atom stereocenters. The van der Waals surface area contributed by atoms with Gasteiger partial charge in [0, 0.05) is 8.95 Å². The molecule has 3 nitrogen and oxygen atoms in total. The van der Waals surface area contributed by atoms with Gasteiger partial charge >= 0.3 is 5.97 Å². The monoisotopic (exact) mass is 347 g/mol. The second kappa shape index (κ2) is 4.75. The van der Waals surface area contributed by atoms with Crippen LogP contribution >= 0.6 is 31.9 Å². The summed E-state index contributed by atoms with van der Waals surface area (Å²) in [6.07, 6.45) is 2.32. The van der Waals surface area contributed by atoms with Crippen LogP contribution in [0.3, 0.4) is 0 Å². The first-order valence-electron chi connectivity index (χ1n) is 4.99. The Morgan fingerprint density at radius 2 is 2.12 bits per heavy atom. The minimum atomic E-state index is -0.355. The van der Waals surface area contributed by atoms with Gasteiger partial charge in [-0.05, 0) is 46.8 Å². The number of carbonyl (C=O) groups is 1. The maximum atomic E-state index is 11.8. The number of ether oxygens (including phenoxy) is 1. The second-order valence-corrected chi connectivity index (χ2v) is 5.66. The number of halogens is 2. The van der Waals surface area contributed by atoms with Crippen molar-refractivity contribution in [3.8, 4) is 0 Å². The van der Waals surface area contributed by atoms with Gasteiger partial charge in [-0.15, -0.1) is 0 Å². The van der Waals surface area contributed by atoms with Gasteiger partial charge in [0.2, 0.25) is 0 Å². The Morgan fingerprint density at radius 1 is 1.44 bits per heavy atom. The molecule has 0 heterocycles. The molecule has 1 aromatic carbocycles. The normalized spacial score (nSPS) is 14.9. The molecule has 1 aromatic rings. The van der Waals surface area contributed by atoms with Crippen LogP contribution in [0.15, 0.2) is 21.1 Å². The SMILES string of the molecule is Nc1c(Br)cc(Br)cc1C(=O)OCC1CC1. The molecule has 0 atom stereocenters. The van der Waals surface area contributed by atoms with Crippen LogP contribution in [0.4, 0.5) is 5.69 Å². The van der Waals surface area contributed by atoms with Gasteiger partial charge in [-0.1, -0.05) is 15.9 Å². The number of nitrogen functional groups attached to an aromatic ring is 1. The maximum Gasteiger partial charge on any atom is 0.340 e. The highest BCUT2D eigenvalue weighted by Gasteiger charge is 2.24. The van der Waals surface area contributed by atoms with Gasteiger partial charge in [-0.25, -0.2) is 4.79 Å². The van der Waals surface area contributed by atoms with Crippen LogP contribution in [0.2, 0.25) is 0 Å². The van der Waals surface area contributed by atoms with E-state index in [1.54, 1.807) is 12.1 Å². The van der Waals surface area contributed by atoms with Crippen molar-refractivity contribution in [1.82, 2.24) is 0 Å².